The average Bonchev–Trinajstić information content (AvgIpc) is 2.59. The number of carbonyl (C=O) groups is 1. The van der Waals surface area contributed by atoms with Gasteiger partial charge in [-0.2, -0.15) is 0 Å². The third-order valence-corrected chi connectivity index (χ3v) is 2.17. The van der Waals surface area contributed by atoms with Crippen molar-refractivity contribution in [2.75, 3.05) is 7.11 Å². The molecular weight excluding hydrogens is 266 g/mol. The van der Waals surface area contributed by atoms with Crippen molar-refractivity contribution in [2.24, 2.45) is 0 Å². The van der Waals surface area contributed by atoms with Crippen LogP contribution in [0.2, 0.25) is 0 Å². The number of fused-ring (bicyclic) bond motifs is 1. The van der Waals surface area contributed by atoms with Crippen molar-refractivity contribution in [3.63, 3.8) is 0 Å². The number of rotatable bonds is 2. The minimum Gasteiger partial charge on any atom is -0.478 e. The zero-order valence-electron chi connectivity index (χ0n) is 7.64. The standard InChI is InChI=1S/C8H6BrN3O3/c1-15-7-6-10-4(8(13)14)2-12(6)3-5(9)11-7/h2-3H,1H3,(H,13,14). The zero-order chi connectivity index (χ0) is 11.0. The van der Waals surface area contributed by atoms with Gasteiger partial charge < -0.3 is 9.84 Å². The largest absolute Gasteiger partial charge is 0.478 e. The zero-order valence-corrected chi connectivity index (χ0v) is 9.22. The van der Waals surface area contributed by atoms with E-state index < -0.39 is 5.97 Å². The molecule has 0 saturated carbocycles. The van der Waals surface area contributed by atoms with Gasteiger partial charge in [0.25, 0.3) is 5.88 Å². The van der Waals surface area contributed by atoms with E-state index in [1.165, 1.54) is 13.3 Å². The molecule has 2 rings (SSSR count). The van der Waals surface area contributed by atoms with E-state index in [1.807, 2.05) is 0 Å². The summed E-state index contributed by atoms with van der Waals surface area (Å²) in [5.41, 5.74) is 0.325. The summed E-state index contributed by atoms with van der Waals surface area (Å²) in [5, 5.41) is 8.77. The van der Waals surface area contributed by atoms with E-state index in [0.717, 1.165) is 0 Å². The number of hydrogen-bond acceptors (Lipinski definition) is 4. The Morgan fingerprint density at radius 2 is 2.27 bits per heavy atom. The topological polar surface area (TPSA) is 76.7 Å². The highest BCUT2D eigenvalue weighted by Gasteiger charge is 2.13. The summed E-state index contributed by atoms with van der Waals surface area (Å²) in [5.74, 6) is -0.811. The monoisotopic (exact) mass is 271 g/mol. The summed E-state index contributed by atoms with van der Waals surface area (Å²) >= 11 is 3.18. The predicted molar refractivity (Wildman–Crippen MR) is 54.2 cm³/mol. The molecule has 78 valence electrons. The van der Waals surface area contributed by atoms with Gasteiger partial charge in [-0.3, -0.25) is 4.40 Å². The third kappa shape index (κ3) is 1.65. The van der Waals surface area contributed by atoms with Crippen molar-refractivity contribution in [1.82, 2.24) is 14.4 Å². The highest BCUT2D eigenvalue weighted by molar-refractivity contribution is 9.10. The second kappa shape index (κ2) is 3.50. The van der Waals surface area contributed by atoms with E-state index >= 15 is 0 Å². The number of aromatic nitrogens is 3. The molecule has 2 aromatic heterocycles. The molecule has 1 N–H and O–H groups in total. The molecule has 0 aliphatic rings. The van der Waals surface area contributed by atoms with Gasteiger partial charge in [0.2, 0.25) is 5.65 Å². The lowest BCUT2D eigenvalue weighted by molar-refractivity contribution is 0.0691. The Hall–Kier alpha value is -1.63. The first-order valence-electron chi connectivity index (χ1n) is 3.94. The quantitative estimate of drug-likeness (QED) is 0.888. The SMILES string of the molecule is COc1nc(Br)cn2cc(C(=O)O)nc12. The van der Waals surface area contributed by atoms with E-state index in [1.54, 1.807) is 10.6 Å². The highest BCUT2D eigenvalue weighted by Crippen LogP contribution is 2.19. The van der Waals surface area contributed by atoms with E-state index in [4.69, 9.17) is 9.84 Å². The van der Waals surface area contributed by atoms with Crippen LogP contribution in [0, 0.1) is 0 Å². The minimum atomic E-state index is -1.09. The predicted octanol–water partition coefficient (Wildman–Crippen LogP) is 1.20. The smallest absolute Gasteiger partial charge is 0.356 e. The van der Waals surface area contributed by atoms with Crippen LogP contribution in [0.25, 0.3) is 5.65 Å². The molecule has 0 radical (unpaired) electrons. The third-order valence-electron chi connectivity index (χ3n) is 1.79. The molecule has 0 aliphatic carbocycles. The Morgan fingerprint density at radius 3 is 2.87 bits per heavy atom. The maximum atomic E-state index is 10.7. The van der Waals surface area contributed by atoms with E-state index in [9.17, 15) is 4.79 Å². The minimum absolute atomic E-state index is 0.0480. The molecule has 0 aliphatic heterocycles. The van der Waals surface area contributed by atoms with E-state index in [0.29, 0.717) is 10.3 Å². The van der Waals surface area contributed by atoms with Gasteiger partial charge in [0.15, 0.2) is 5.69 Å². The number of aromatic carboxylic acids is 1. The molecule has 2 heterocycles. The summed E-state index contributed by atoms with van der Waals surface area (Å²) in [4.78, 5) is 18.6. The number of halogens is 1. The van der Waals surface area contributed by atoms with Crippen molar-refractivity contribution in [3.8, 4) is 5.88 Å². The molecule has 15 heavy (non-hydrogen) atoms. The molecule has 0 fully saturated rings. The Labute approximate surface area is 92.7 Å². The van der Waals surface area contributed by atoms with Gasteiger partial charge >= 0.3 is 5.97 Å². The van der Waals surface area contributed by atoms with Crippen molar-refractivity contribution < 1.29 is 14.6 Å². The fourth-order valence-corrected chi connectivity index (χ4v) is 1.56. The molecule has 0 bridgehead atoms. The Bertz CT molecular complexity index is 537. The van der Waals surface area contributed by atoms with Crippen molar-refractivity contribution in [3.05, 3.63) is 22.7 Å². The number of carboxylic acid groups (broad SMARTS) is 1. The molecule has 0 atom stereocenters. The Morgan fingerprint density at radius 1 is 1.53 bits per heavy atom. The first-order chi connectivity index (χ1) is 7.11. The fourth-order valence-electron chi connectivity index (χ4n) is 1.18. The fraction of sp³-hybridized carbons (Fsp3) is 0.125. The van der Waals surface area contributed by atoms with E-state index in [-0.39, 0.29) is 11.6 Å². The van der Waals surface area contributed by atoms with Gasteiger partial charge in [0, 0.05) is 12.4 Å². The number of methoxy groups -OCH3 is 1. The summed E-state index contributed by atoms with van der Waals surface area (Å²) in [6.07, 6.45) is 3.00. The normalized spacial score (nSPS) is 10.5. The highest BCUT2D eigenvalue weighted by atomic mass is 79.9. The molecule has 0 amide bonds. The van der Waals surface area contributed by atoms with Gasteiger partial charge in [-0.05, 0) is 15.9 Å². The molecule has 6 nitrogen and oxygen atoms in total. The molecule has 0 spiro atoms. The van der Waals surface area contributed by atoms with Crippen LogP contribution in [0.3, 0.4) is 0 Å². The van der Waals surface area contributed by atoms with Crippen LogP contribution in [0.5, 0.6) is 5.88 Å². The number of hydrogen-bond donors (Lipinski definition) is 1. The summed E-state index contributed by atoms with van der Waals surface area (Å²) < 4.78 is 7.07. The molecule has 0 saturated heterocycles. The molecule has 2 aromatic rings. The molecule has 0 unspecified atom stereocenters. The van der Waals surface area contributed by atoms with Crippen molar-refractivity contribution in [1.29, 1.82) is 0 Å². The van der Waals surface area contributed by atoms with Crippen molar-refractivity contribution >= 4 is 27.5 Å². The lowest BCUT2D eigenvalue weighted by atomic mass is 10.5. The van der Waals surface area contributed by atoms with Gasteiger partial charge in [-0.25, -0.2) is 14.8 Å². The number of nitrogens with zero attached hydrogens (tertiary/aromatic N) is 3. The lowest BCUT2D eigenvalue weighted by Crippen LogP contribution is -1.95. The Balaban J connectivity index is 2.74. The van der Waals surface area contributed by atoms with Gasteiger partial charge in [0.1, 0.15) is 4.60 Å². The van der Waals surface area contributed by atoms with Crippen LogP contribution >= 0.6 is 15.9 Å². The number of imidazole rings is 1. The van der Waals surface area contributed by atoms with Gasteiger partial charge in [0.05, 0.1) is 7.11 Å². The lowest BCUT2D eigenvalue weighted by Gasteiger charge is -2.00. The van der Waals surface area contributed by atoms with Crippen LogP contribution in [0.4, 0.5) is 0 Å². The van der Waals surface area contributed by atoms with Crippen LogP contribution in [-0.2, 0) is 0 Å². The Kier molecular flexibility index (Phi) is 2.31. The second-order valence-electron chi connectivity index (χ2n) is 2.74. The molecular formula is C8H6BrN3O3. The van der Waals surface area contributed by atoms with Gasteiger partial charge in [-0.15, -0.1) is 0 Å². The number of ether oxygens (including phenoxy) is 1. The maximum absolute atomic E-state index is 10.7. The molecule has 7 heteroatoms. The first kappa shape index (κ1) is 9.91. The van der Waals surface area contributed by atoms with Crippen LogP contribution in [0.1, 0.15) is 10.5 Å². The first-order valence-corrected chi connectivity index (χ1v) is 4.73. The average molecular weight is 272 g/mol. The van der Waals surface area contributed by atoms with Crippen molar-refractivity contribution in [2.45, 2.75) is 0 Å². The molecule has 0 aromatic carbocycles. The van der Waals surface area contributed by atoms with E-state index in [2.05, 4.69) is 25.9 Å². The second-order valence-corrected chi connectivity index (χ2v) is 3.55. The summed E-state index contributed by atoms with van der Waals surface area (Å²) in [7, 11) is 1.45. The van der Waals surface area contributed by atoms with Crippen LogP contribution in [-0.4, -0.2) is 32.6 Å². The van der Waals surface area contributed by atoms with Gasteiger partial charge in [-0.1, -0.05) is 0 Å². The summed E-state index contributed by atoms with van der Waals surface area (Å²) in [6.45, 7) is 0. The number of carboxylic acids is 1. The maximum Gasteiger partial charge on any atom is 0.356 e. The van der Waals surface area contributed by atoms with Crippen LogP contribution in [0.15, 0.2) is 17.0 Å². The summed E-state index contributed by atoms with van der Waals surface area (Å²) in [6, 6.07) is 0. The van der Waals surface area contributed by atoms with Crippen LogP contribution < -0.4 is 4.74 Å².